The van der Waals surface area contributed by atoms with E-state index in [4.69, 9.17) is 5.73 Å². The Balaban J connectivity index is 3.06. The maximum Gasteiger partial charge on any atom is 0.217 e. The van der Waals surface area contributed by atoms with Gasteiger partial charge < -0.3 is 10.6 Å². The van der Waals surface area contributed by atoms with Crippen molar-refractivity contribution in [2.45, 2.75) is 129 Å². The Kier molecular flexibility index (Phi) is 21.3. The predicted octanol–water partition coefficient (Wildman–Crippen LogP) is 6.84. The van der Waals surface area contributed by atoms with Crippen LogP contribution in [0.25, 0.3) is 0 Å². The van der Waals surface area contributed by atoms with Gasteiger partial charge in [-0.05, 0) is 32.5 Å². The number of amides is 1. The summed E-state index contributed by atoms with van der Waals surface area (Å²) in [6.07, 6.45) is 23.8. The summed E-state index contributed by atoms with van der Waals surface area (Å²) in [5.74, 6) is -0.152. The molecule has 0 heterocycles. The standard InChI is InChI=1S/C24H50N2O/c1-3-26(4-2)23-21-19-17-15-13-11-9-7-5-6-8-10-12-14-16-18-20-22-24(25)27/h3-23H2,1-2H3,(H2,25,27). The zero-order valence-electron chi connectivity index (χ0n) is 18.8. The molecule has 0 unspecified atom stereocenters. The third kappa shape index (κ3) is 21.6. The van der Waals surface area contributed by atoms with Crippen molar-refractivity contribution in [3.63, 3.8) is 0 Å². The van der Waals surface area contributed by atoms with Gasteiger partial charge in [0, 0.05) is 6.42 Å². The van der Waals surface area contributed by atoms with Crippen LogP contribution in [-0.4, -0.2) is 30.4 Å². The molecule has 0 radical (unpaired) electrons. The molecule has 0 rings (SSSR count). The minimum atomic E-state index is -0.152. The van der Waals surface area contributed by atoms with Crippen molar-refractivity contribution >= 4 is 5.91 Å². The Morgan fingerprint density at radius 2 is 0.852 bits per heavy atom. The number of rotatable bonds is 22. The minimum absolute atomic E-state index is 0.152. The molecule has 0 fully saturated rings. The maximum absolute atomic E-state index is 10.6. The van der Waals surface area contributed by atoms with Gasteiger partial charge in [0.05, 0.1) is 0 Å². The van der Waals surface area contributed by atoms with E-state index >= 15 is 0 Å². The molecule has 0 aliphatic heterocycles. The molecular weight excluding hydrogens is 332 g/mol. The molecule has 0 aromatic carbocycles. The van der Waals surface area contributed by atoms with Crippen molar-refractivity contribution in [3.8, 4) is 0 Å². The van der Waals surface area contributed by atoms with Crippen molar-refractivity contribution < 1.29 is 4.79 Å². The zero-order valence-corrected chi connectivity index (χ0v) is 18.8. The molecule has 162 valence electrons. The second-order valence-corrected chi connectivity index (χ2v) is 8.25. The molecule has 3 heteroatoms. The van der Waals surface area contributed by atoms with Crippen molar-refractivity contribution in [3.05, 3.63) is 0 Å². The number of hydrogen-bond acceptors (Lipinski definition) is 2. The first-order chi connectivity index (χ1) is 13.2. The van der Waals surface area contributed by atoms with Crippen LogP contribution in [-0.2, 0) is 4.79 Å². The molecule has 0 aromatic rings. The Bertz CT molecular complexity index is 303. The van der Waals surface area contributed by atoms with Crippen LogP contribution in [0.2, 0.25) is 0 Å². The van der Waals surface area contributed by atoms with E-state index in [9.17, 15) is 4.79 Å². The second kappa shape index (κ2) is 21.7. The molecular formula is C24H50N2O. The Labute approximate surface area is 170 Å². The topological polar surface area (TPSA) is 46.3 Å². The monoisotopic (exact) mass is 382 g/mol. The summed E-state index contributed by atoms with van der Waals surface area (Å²) in [7, 11) is 0. The Morgan fingerprint density at radius 3 is 1.15 bits per heavy atom. The highest BCUT2D eigenvalue weighted by Crippen LogP contribution is 2.14. The number of nitrogens with zero attached hydrogens (tertiary/aromatic N) is 1. The summed E-state index contributed by atoms with van der Waals surface area (Å²) in [5.41, 5.74) is 5.14. The van der Waals surface area contributed by atoms with Gasteiger partial charge in [0.2, 0.25) is 5.91 Å². The van der Waals surface area contributed by atoms with Crippen LogP contribution < -0.4 is 5.73 Å². The molecule has 1 amide bonds. The van der Waals surface area contributed by atoms with Gasteiger partial charge in [-0.3, -0.25) is 4.79 Å². The highest BCUT2D eigenvalue weighted by Gasteiger charge is 1.99. The minimum Gasteiger partial charge on any atom is -0.370 e. The SMILES string of the molecule is CCN(CC)CCCCCCCCCCCCCCCCCCCC(N)=O. The Morgan fingerprint density at radius 1 is 0.556 bits per heavy atom. The molecule has 0 aliphatic carbocycles. The van der Waals surface area contributed by atoms with Crippen LogP contribution in [0.1, 0.15) is 129 Å². The fraction of sp³-hybridized carbons (Fsp3) is 0.958. The molecule has 0 aromatic heterocycles. The van der Waals surface area contributed by atoms with Gasteiger partial charge in [-0.1, -0.05) is 110 Å². The molecule has 0 bridgehead atoms. The number of carbonyl (C=O) groups excluding carboxylic acids is 1. The number of primary amides is 1. The van der Waals surface area contributed by atoms with Crippen molar-refractivity contribution in [2.24, 2.45) is 5.73 Å². The largest absolute Gasteiger partial charge is 0.370 e. The average molecular weight is 383 g/mol. The van der Waals surface area contributed by atoms with Gasteiger partial charge in [0.25, 0.3) is 0 Å². The lowest BCUT2D eigenvalue weighted by Crippen LogP contribution is -2.23. The number of carbonyl (C=O) groups is 1. The lowest BCUT2D eigenvalue weighted by atomic mass is 10.0. The average Bonchev–Trinajstić information content (AvgIpc) is 2.66. The maximum atomic E-state index is 10.6. The predicted molar refractivity (Wildman–Crippen MR) is 120 cm³/mol. The summed E-state index contributed by atoms with van der Waals surface area (Å²) < 4.78 is 0. The molecule has 3 nitrogen and oxygen atoms in total. The zero-order chi connectivity index (χ0) is 20.0. The lowest BCUT2D eigenvalue weighted by molar-refractivity contribution is -0.118. The highest BCUT2D eigenvalue weighted by molar-refractivity contribution is 5.73. The van der Waals surface area contributed by atoms with E-state index in [1.807, 2.05) is 0 Å². The first kappa shape index (κ1) is 26.4. The summed E-state index contributed by atoms with van der Waals surface area (Å²) in [6, 6.07) is 0. The van der Waals surface area contributed by atoms with E-state index in [-0.39, 0.29) is 5.91 Å². The van der Waals surface area contributed by atoms with E-state index < -0.39 is 0 Å². The fourth-order valence-electron chi connectivity index (χ4n) is 3.83. The van der Waals surface area contributed by atoms with E-state index in [1.54, 1.807) is 0 Å². The van der Waals surface area contributed by atoms with Crippen LogP contribution in [0.3, 0.4) is 0 Å². The third-order valence-electron chi connectivity index (χ3n) is 5.79. The van der Waals surface area contributed by atoms with E-state index in [1.165, 1.54) is 122 Å². The van der Waals surface area contributed by atoms with E-state index in [0.29, 0.717) is 6.42 Å². The summed E-state index contributed by atoms with van der Waals surface area (Å²) >= 11 is 0. The van der Waals surface area contributed by atoms with Crippen LogP contribution in [0.15, 0.2) is 0 Å². The van der Waals surface area contributed by atoms with Crippen LogP contribution >= 0.6 is 0 Å². The molecule has 2 N–H and O–H groups in total. The Hall–Kier alpha value is -0.570. The molecule has 0 saturated heterocycles. The van der Waals surface area contributed by atoms with Crippen LogP contribution in [0.4, 0.5) is 0 Å². The first-order valence-electron chi connectivity index (χ1n) is 12.2. The van der Waals surface area contributed by atoms with Gasteiger partial charge in [0.15, 0.2) is 0 Å². The molecule has 0 atom stereocenters. The van der Waals surface area contributed by atoms with Gasteiger partial charge in [-0.2, -0.15) is 0 Å². The van der Waals surface area contributed by atoms with Crippen molar-refractivity contribution in [2.75, 3.05) is 19.6 Å². The summed E-state index contributed by atoms with van der Waals surface area (Å²) in [5, 5.41) is 0. The van der Waals surface area contributed by atoms with Gasteiger partial charge >= 0.3 is 0 Å². The van der Waals surface area contributed by atoms with E-state index in [2.05, 4.69) is 18.7 Å². The molecule has 27 heavy (non-hydrogen) atoms. The van der Waals surface area contributed by atoms with Crippen LogP contribution in [0, 0.1) is 0 Å². The quantitative estimate of drug-likeness (QED) is 0.208. The van der Waals surface area contributed by atoms with Gasteiger partial charge in [-0.25, -0.2) is 0 Å². The molecule has 0 spiro atoms. The number of nitrogens with two attached hydrogens (primary N) is 1. The molecule has 0 aliphatic rings. The smallest absolute Gasteiger partial charge is 0.217 e. The molecule has 0 saturated carbocycles. The van der Waals surface area contributed by atoms with Crippen molar-refractivity contribution in [1.29, 1.82) is 0 Å². The van der Waals surface area contributed by atoms with Gasteiger partial charge in [0.1, 0.15) is 0 Å². The highest BCUT2D eigenvalue weighted by atomic mass is 16.1. The van der Waals surface area contributed by atoms with E-state index in [0.717, 1.165) is 6.42 Å². The lowest BCUT2D eigenvalue weighted by Gasteiger charge is -2.17. The first-order valence-corrected chi connectivity index (χ1v) is 12.2. The van der Waals surface area contributed by atoms with Crippen molar-refractivity contribution in [1.82, 2.24) is 4.90 Å². The number of unbranched alkanes of at least 4 members (excludes halogenated alkanes) is 16. The normalized spacial score (nSPS) is 11.4. The number of hydrogen-bond donors (Lipinski definition) is 1. The van der Waals surface area contributed by atoms with Crippen LogP contribution in [0.5, 0.6) is 0 Å². The second-order valence-electron chi connectivity index (χ2n) is 8.25. The third-order valence-corrected chi connectivity index (χ3v) is 5.79. The fourth-order valence-corrected chi connectivity index (χ4v) is 3.83. The van der Waals surface area contributed by atoms with Gasteiger partial charge in [-0.15, -0.1) is 0 Å². The summed E-state index contributed by atoms with van der Waals surface area (Å²) in [4.78, 5) is 13.2. The summed E-state index contributed by atoms with van der Waals surface area (Å²) in [6.45, 7) is 8.23.